The van der Waals surface area contributed by atoms with Gasteiger partial charge in [-0.05, 0) is 56.5 Å². The number of ether oxygens (including phenoxy) is 1. The molecule has 196 valence electrons. The largest absolute Gasteiger partial charge is 0.493 e. The Bertz CT molecular complexity index is 1040. The predicted octanol–water partition coefficient (Wildman–Crippen LogP) is 4.51. The van der Waals surface area contributed by atoms with Gasteiger partial charge in [-0.2, -0.15) is 0 Å². The number of benzene rings is 1. The Morgan fingerprint density at radius 3 is 2.42 bits per heavy atom. The molecule has 2 N–H and O–H groups in total. The van der Waals surface area contributed by atoms with Crippen molar-refractivity contribution in [3.63, 3.8) is 0 Å². The van der Waals surface area contributed by atoms with Crippen LogP contribution in [-0.4, -0.2) is 53.9 Å². The molecule has 1 aromatic heterocycles. The molecular weight excluding hydrogens is 501 g/mol. The fourth-order valence-corrected chi connectivity index (χ4v) is 6.05. The maximum absolute atomic E-state index is 12.6. The third kappa shape index (κ3) is 8.71. The van der Waals surface area contributed by atoms with Crippen LogP contribution in [-0.2, 0) is 31.2 Å². The molecule has 3 rings (SSSR count). The number of hydrogen-bond acceptors (Lipinski definition) is 9. The van der Waals surface area contributed by atoms with Crippen molar-refractivity contribution in [1.29, 1.82) is 0 Å². The molecule has 2 amide bonds. The number of imide groups is 1. The van der Waals surface area contributed by atoms with Crippen LogP contribution in [0.3, 0.4) is 0 Å². The summed E-state index contributed by atoms with van der Waals surface area (Å²) in [6.07, 6.45) is 3.33. The number of nitrogens with one attached hydrogen (secondary N) is 2. The van der Waals surface area contributed by atoms with Crippen LogP contribution < -0.4 is 15.4 Å². The Morgan fingerprint density at radius 2 is 1.83 bits per heavy atom. The van der Waals surface area contributed by atoms with Gasteiger partial charge >= 0.3 is 7.60 Å². The van der Waals surface area contributed by atoms with Crippen LogP contribution in [0.5, 0.6) is 5.75 Å². The minimum Gasteiger partial charge on any atom is -0.493 e. The summed E-state index contributed by atoms with van der Waals surface area (Å²) in [4.78, 5) is 27.5. The van der Waals surface area contributed by atoms with Gasteiger partial charge in [0.1, 0.15) is 5.75 Å². The van der Waals surface area contributed by atoms with E-state index in [0.29, 0.717) is 45.4 Å². The highest BCUT2D eigenvalue weighted by Crippen LogP contribution is 2.47. The molecule has 9 nitrogen and oxygen atoms in total. The Morgan fingerprint density at radius 1 is 1.11 bits per heavy atom. The first-order valence-corrected chi connectivity index (χ1v) is 14.7. The zero-order valence-electron chi connectivity index (χ0n) is 20.9. The summed E-state index contributed by atoms with van der Waals surface area (Å²) in [5, 5.41) is 5.00. The normalized spacial score (nSPS) is 16.7. The van der Waals surface area contributed by atoms with E-state index in [2.05, 4.69) is 15.6 Å². The predicted molar refractivity (Wildman–Crippen MR) is 141 cm³/mol. The number of aromatic nitrogens is 1. The van der Waals surface area contributed by atoms with E-state index in [-0.39, 0.29) is 22.4 Å². The molecule has 0 aliphatic carbocycles. The molecule has 2 aromatic rings. The van der Waals surface area contributed by atoms with Crippen LogP contribution in [0.4, 0.5) is 4.79 Å². The summed E-state index contributed by atoms with van der Waals surface area (Å²) in [5.74, 6) is 0.507. The molecule has 2 atom stereocenters. The smallest absolute Gasteiger partial charge is 0.331 e. The van der Waals surface area contributed by atoms with E-state index in [1.54, 1.807) is 13.8 Å². The minimum absolute atomic E-state index is 0.0462. The van der Waals surface area contributed by atoms with Crippen LogP contribution in [0.1, 0.15) is 43.6 Å². The van der Waals surface area contributed by atoms with Crippen molar-refractivity contribution in [3.05, 3.63) is 59.4 Å². The fourth-order valence-electron chi connectivity index (χ4n) is 3.67. The number of hydrogen-bond donors (Lipinski definition) is 2. The van der Waals surface area contributed by atoms with Crippen molar-refractivity contribution in [2.75, 3.05) is 32.5 Å². The third-order valence-electron chi connectivity index (χ3n) is 5.57. The van der Waals surface area contributed by atoms with Crippen LogP contribution in [0.15, 0.2) is 42.6 Å². The zero-order valence-corrected chi connectivity index (χ0v) is 22.6. The second-order valence-electron chi connectivity index (χ2n) is 8.26. The number of rotatable bonds is 15. The average Bonchev–Trinajstić information content (AvgIpc) is 3.17. The van der Waals surface area contributed by atoms with Crippen LogP contribution >= 0.6 is 19.4 Å². The number of carbonyl (C=O) groups is 2. The molecule has 0 bridgehead atoms. The van der Waals surface area contributed by atoms with Crippen LogP contribution in [0.2, 0.25) is 0 Å². The van der Waals surface area contributed by atoms with Crippen LogP contribution in [0, 0.1) is 0 Å². The highest BCUT2D eigenvalue weighted by atomic mass is 32.2. The summed E-state index contributed by atoms with van der Waals surface area (Å²) in [7, 11) is -3.05. The van der Waals surface area contributed by atoms with Gasteiger partial charge in [0.05, 0.1) is 31.2 Å². The second kappa shape index (κ2) is 13.9. The van der Waals surface area contributed by atoms with E-state index in [1.165, 1.54) is 0 Å². The molecule has 0 saturated carbocycles. The van der Waals surface area contributed by atoms with E-state index in [4.69, 9.17) is 13.8 Å². The van der Waals surface area contributed by atoms with Gasteiger partial charge in [0.2, 0.25) is 5.91 Å². The molecule has 0 spiro atoms. The molecule has 1 aliphatic rings. The Hall–Kier alpha value is -2.23. The second-order valence-corrected chi connectivity index (χ2v) is 11.6. The minimum atomic E-state index is -3.05. The lowest BCUT2D eigenvalue weighted by Crippen LogP contribution is -2.25. The van der Waals surface area contributed by atoms with Gasteiger partial charge < -0.3 is 19.1 Å². The van der Waals surface area contributed by atoms with Gasteiger partial charge in [-0.25, -0.2) is 0 Å². The van der Waals surface area contributed by atoms with E-state index < -0.39 is 7.60 Å². The van der Waals surface area contributed by atoms with E-state index in [0.717, 1.165) is 34.3 Å². The van der Waals surface area contributed by atoms with Crippen molar-refractivity contribution < 1.29 is 27.9 Å². The standard InChI is InChI=1S/C25H34N3O6PS/c1-4-33-35(31,34-5-2)15-13-26-18(3)20-8-9-21(27-17-20)12-14-32-22-10-6-19(7-11-22)16-23-24(29)28-25(30)36-23/h6-11,17-18,23,26H,4-5,12-16H2,1-3H3,(H,28,29,30). The number of thioether (sulfide) groups is 1. The number of amides is 2. The van der Waals surface area contributed by atoms with Crippen LogP contribution in [0.25, 0.3) is 0 Å². The van der Waals surface area contributed by atoms with Crippen molar-refractivity contribution in [3.8, 4) is 5.75 Å². The number of pyridine rings is 1. The quantitative estimate of drug-likeness (QED) is 0.318. The lowest BCUT2D eigenvalue weighted by atomic mass is 10.1. The van der Waals surface area contributed by atoms with E-state index in [1.807, 2.05) is 49.5 Å². The lowest BCUT2D eigenvalue weighted by molar-refractivity contribution is -0.118. The molecule has 1 saturated heterocycles. The number of nitrogens with zero attached hydrogens (tertiary/aromatic N) is 1. The first kappa shape index (κ1) is 28.3. The molecular formula is C25H34N3O6PS. The van der Waals surface area contributed by atoms with Gasteiger partial charge in [-0.1, -0.05) is 30.0 Å². The van der Waals surface area contributed by atoms with E-state index >= 15 is 0 Å². The molecule has 2 heterocycles. The van der Waals surface area contributed by atoms with Crippen molar-refractivity contribution in [2.24, 2.45) is 0 Å². The molecule has 1 fully saturated rings. The van der Waals surface area contributed by atoms with E-state index in [9.17, 15) is 14.2 Å². The molecule has 11 heteroatoms. The summed E-state index contributed by atoms with van der Waals surface area (Å²) in [5.41, 5.74) is 2.94. The Kier molecular flexibility index (Phi) is 10.9. The van der Waals surface area contributed by atoms with Gasteiger partial charge in [0.15, 0.2) is 0 Å². The summed E-state index contributed by atoms with van der Waals surface area (Å²) in [6, 6.07) is 11.6. The fraction of sp³-hybridized carbons (Fsp3) is 0.480. The molecule has 1 aliphatic heterocycles. The summed E-state index contributed by atoms with van der Waals surface area (Å²) >= 11 is 1.03. The van der Waals surface area contributed by atoms with Crippen molar-refractivity contribution >= 4 is 30.5 Å². The topological polar surface area (TPSA) is 116 Å². The van der Waals surface area contributed by atoms with Crippen molar-refractivity contribution in [2.45, 2.75) is 44.9 Å². The summed E-state index contributed by atoms with van der Waals surface area (Å²) < 4.78 is 29.0. The van der Waals surface area contributed by atoms with Gasteiger partial charge in [-0.3, -0.25) is 24.5 Å². The maximum Gasteiger partial charge on any atom is 0.331 e. The summed E-state index contributed by atoms with van der Waals surface area (Å²) in [6.45, 7) is 7.36. The average molecular weight is 536 g/mol. The Balaban J connectivity index is 1.39. The lowest BCUT2D eigenvalue weighted by Gasteiger charge is -2.19. The first-order valence-electron chi connectivity index (χ1n) is 12.1. The van der Waals surface area contributed by atoms with Gasteiger partial charge in [0.25, 0.3) is 5.24 Å². The highest BCUT2D eigenvalue weighted by Gasteiger charge is 2.31. The molecule has 1 aromatic carbocycles. The molecule has 2 unspecified atom stereocenters. The SMILES string of the molecule is CCOP(=O)(CCNC(C)c1ccc(CCOc2ccc(CC3SC(=O)NC3=O)cc2)nc1)OCC. The zero-order chi connectivity index (χ0) is 26.0. The monoisotopic (exact) mass is 535 g/mol. The Labute approximate surface area is 216 Å². The van der Waals surface area contributed by atoms with Gasteiger partial charge in [-0.15, -0.1) is 0 Å². The molecule has 0 radical (unpaired) electrons. The first-order chi connectivity index (χ1) is 17.3. The highest BCUT2D eigenvalue weighted by molar-refractivity contribution is 8.15. The van der Waals surface area contributed by atoms with Gasteiger partial charge in [0, 0.05) is 30.9 Å². The van der Waals surface area contributed by atoms with Crippen molar-refractivity contribution in [1.82, 2.24) is 15.6 Å². The molecule has 36 heavy (non-hydrogen) atoms. The third-order valence-corrected chi connectivity index (χ3v) is 8.63. The maximum atomic E-state index is 12.6. The number of carbonyl (C=O) groups excluding carboxylic acids is 2.